The standard InChI is InChI=1S/C16H13ClN2O3/c17-11-7-5-10(6-8-11)15(20)9-14(16(21)22)19-13-4-2-1-3-12(13)18/h1-9,19H,18H2,(H,21,22)/b14-9+. The van der Waals surface area contributed by atoms with E-state index in [9.17, 15) is 14.7 Å². The predicted octanol–water partition coefficient (Wildman–Crippen LogP) is 3.19. The summed E-state index contributed by atoms with van der Waals surface area (Å²) in [5.74, 6) is -1.71. The molecule has 0 aliphatic carbocycles. The topological polar surface area (TPSA) is 92.4 Å². The summed E-state index contributed by atoms with van der Waals surface area (Å²) in [7, 11) is 0. The number of allylic oxidation sites excluding steroid dienone is 1. The highest BCUT2D eigenvalue weighted by Crippen LogP contribution is 2.19. The molecule has 2 aromatic carbocycles. The summed E-state index contributed by atoms with van der Waals surface area (Å²) in [5.41, 5.74) is 6.62. The Morgan fingerprint density at radius 1 is 1.09 bits per heavy atom. The van der Waals surface area contributed by atoms with Crippen LogP contribution in [0.2, 0.25) is 5.02 Å². The molecule has 22 heavy (non-hydrogen) atoms. The Balaban J connectivity index is 2.27. The van der Waals surface area contributed by atoms with E-state index >= 15 is 0 Å². The van der Waals surface area contributed by atoms with Gasteiger partial charge < -0.3 is 16.2 Å². The second-order valence-electron chi connectivity index (χ2n) is 4.45. The van der Waals surface area contributed by atoms with Crippen molar-refractivity contribution >= 4 is 34.7 Å². The molecule has 0 atom stereocenters. The van der Waals surface area contributed by atoms with Crippen molar-refractivity contribution in [1.82, 2.24) is 0 Å². The largest absolute Gasteiger partial charge is 0.477 e. The Kier molecular flexibility index (Phi) is 4.80. The molecule has 0 amide bonds. The van der Waals surface area contributed by atoms with E-state index in [1.165, 1.54) is 12.1 Å². The summed E-state index contributed by atoms with van der Waals surface area (Å²) in [6.45, 7) is 0. The zero-order chi connectivity index (χ0) is 16.1. The van der Waals surface area contributed by atoms with Gasteiger partial charge in [0.25, 0.3) is 0 Å². The van der Waals surface area contributed by atoms with Crippen LogP contribution in [0.1, 0.15) is 10.4 Å². The van der Waals surface area contributed by atoms with Crippen LogP contribution >= 0.6 is 11.6 Å². The molecule has 0 spiro atoms. The van der Waals surface area contributed by atoms with Crippen LogP contribution in [0.15, 0.2) is 60.3 Å². The molecule has 0 radical (unpaired) electrons. The highest BCUT2D eigenvalue weighted by molar-refractivity contribution is 6.30. The van der Waals surface area contributed by atoms with Crippen molar-refractivity contribution in [2.75, 3.05) is 11.1 Å². The van der Waals surface area contributed by atoms with E-state index in [1.54, 1.807) is 36.4 Å². The van der Waals surface area contributed by atoms with E-state index in [-0.39, 0.29) is 5.70 Å². The van der Waals surface area contributed by atoms with Gasteiger partial charge in [0.05, 0.1) is 11.4 Å². The van der Waals surface area contributed by atoms with Crippen LogP contribution in [0.25, 0.3) is 0 Å². The fraction of sp³-hybridized carbons (Fsp3) is 0. The summed E-state index contributed by atoms with van der Waals surface area (Å²) in [5, 5.41) is 12.4. The molecule has 0 heterocycles. The molecule has 2 rings (SSSR count). The number of hydrogen-bond donors (Lipinski definition) is 3. The summed E-state index contributed by atoms with van der Waals surface area (Å²) >= 11 is 5.75. The van der Waals surface area contributed by atoms with E-state index in [0.717, 1.165) is 6.08 Å². The molecule has 0 aliphatic heterocycles. The highest BCUT2D eigenvalue weighted by Gasteiger charge is 2.12. The van der Waals surface area contributed by atoms with E-state index in [0.29, 0.717) is 22.0 Å². The lowest BCUT2D eigenvalue weighted by Crippen LogP contribution is -2.13. The number of rotatable bonds is 5. The number of aliphatic carboxylic acids is 1. The second-order valence-corrected chi connectivity index (χ2v) is 4.88. The first kappa shape index (κ1) is 15.6. The lowest BCUT2D eigenvalue weighted by atomic mass is 10.1. The van der Waals surface area contributed by atoms with Gasteiger partial charge in [0.15, 0.2) is 5.78 Å². The average molecular weight is 317 g/mol. The molecule has 0 saturated heterocycles. The van der Waals surface area contributed by atoms with Gasteiger partial charge >= 0.3 is 5.97 Å². The number of halogens is 1. The van der Waals surface area contributed by atoms with Crippen molar-refractivity contribution in [1.29, 1.82) is 0 Å². The first-order chi connectivity index (χ1) is 10.5. The Bertz CT molecular complexity index is 739. The second kappa shape index (κ2) is 6.78. The van der Waals surface area contributed by atoms with Crippen LogP contribution in [-0.2, 0) is 4.79 Å². The van der Waals surface area contributed by atoms with Gasteiger partial charge in [-0.1, -0.05) is 23.7 Å². The lowest BCUT2D eigenvalue weighted by Gasteiger charge is -2.09. The summed E-state index contributed by atoms with van der Waals surface area (Å²) in [4.78, 5) is 23.4. The maximum Gasteiger partial charge on any atom is 0.352 e. The van der Waals surface area contributed by atoms with E-state index in [4.69, 9.17) is 17.3 Å². The van der Waals surface area contributed by atoms with Crippen molar-refractivity contribution in [3.63, 3.8) is 0 Å². The number of carboxylic acids is 1. The lowest BCUT2D eigenvalue weighted by molar-refractivity contribution is -0.132. The van der Waals surface area contributed by atoms with Gasteiger partial charge in [-0.3, -0.25) is 4.79 Å². The number of carbonyl (C=O) groups excluding carboxylic acids is 1. The number of benzene rings is 2. The van der Waals surface area contributed by atoms with Crippen molar-refractivity contribution in [2.24, 2.45) is 0 Å². The number of carboxylic acid groups (broad SMARTS) is 1. The van der Waals surface area contributed by atoms with Gasteiger partial charge in [0.2, 0.25) is 0 Å². The molecule has 0 fully saturated rings. The van der Waals surface area contributed by atoms with Crippen LogP contribution in [0.3, 0.4) is 0 Å². The minimum absolute atomic E-state index is 0.266. The third kappa shape index (κ3) is 3.86. The zero-order valence-electron chi connectivity index (χ0n) is 11.4. The van der Waals surface area contributed by atoms with Crippen molar-refractivity contribution in [3.05, 3.63) is 70.9 Å². The van der Waals surface area contributed by atoms with Crippen LogP contribution in [0, 0.1) is 0 Å². The third-order valence-electron chi connectivity index (χ3n) is 2.86. The minimum atomic E-state index is -1.26. The number of anilines is 2. The molecule has 0 unspecified atom stereocenters. The molecule has 5 nitrogen and oxygen atoms in total. The Labute approximate surface area is 132 Å². The maximum atomic E-state index is 12.1. The van der Waals surface area contributed by atoms with Gasteiger partial charge in [-0.25, -0.2) is 4.79 Å². The fourth-order valence-corrected chi connectivity index (χ4v) is 1.86. The van der Waals surface area contributed by atoms with Crippen molar-refractivity contribution in [2.45, 2.75) is 0 Å². The monoisotopic (exact) mass is 316 g/mol. The van der Waals surface area contributed by atoms with E-state index < -0.39 is 11.8 Å². The highest BCUT2D eigenvalue weighted by atomic mass is 35.5. The molecule has 4 N–H and O–H groups in total. The number of para-hydroxylation sites is 2. The average Bonchev–Trinajstić information content (AvgIpc) is 2.49. The van der Waals surface area contributed by atoms with Gasteiger partial charge in [0, 0.05) is 16.7 Å². The molecule has 0 bridgehead atoms. The summed E-state index contributed by atoms with van der Waals surface area (Å²) < 4.78 is 0. The quantitative estimate of drug-likeness (QED) is 0.447. The van der Waals surface area contributed by atoms with Crippen LogP contribution in [0.4, 0.5) is 11.4 Å². The van der Waals surface area contributed by atoms with Gasteiger partial charge in [-0.05, 0) is 36.4 Å². The number of hydrogen-bond acceptors (Lipinski definition) is 4. The number of carbonyl (C=O) groups is 2. The smallest absolute Gasteiger partial charge is 0.352 e. The minimum Gasteiger partial charge on any atom is -0.477 e. The van der Waals surface area contributed by atoms with Gasteiger partial charge in [0.1, 0.15) is 5.70 Å². The van der Waals surface area contributed by atoms with Gasteiger partial charge in [-0.15, -0.1) is 0 Å². The normalized spacial score (nSPS) is 11.0. The Morgan fingerprint density at radius 2 is 1.73 bits per heavy atom. The Morgan fingerprint density at radius 3 is 2.32 bits per heavy atom. The molecule has 6 heteroatoms. The maximum absolute atomic E-state index is 12.1. The van der Waals surface area contributed by atoms with Crippen LogP contribution in [0.5, 0.6) is 0 Å². The SMILES string of the molecule is Nc1ccccc1N/C(=C/C(=O)c1ccc(Cl)cc1)C(=O)O. The number of nitrogens with one attached hydrogen (secondary N) is 1. The van der Waals surface area contributed by atoms with Crippen molar-refractivity contribution < 1.29 is 14.7 Å². The zero-order valence-corrected chi connectivity index (χ0v) is 12.2. The predicted molar refractivity (Wildman–Crippen MR) is 86.0 cm³/mol. The first-order valence-electron chi connectivity index (χ1n) is 6.34. The fourth-order valence-electron chi connectivity index (χ4n) is 1.74. The van der Waals surface area contributed by atoms with E-state index in [2.05, 4.69) is 5.32 Å². The number of ketones is 1. The number of nitrogen functional groups attached to an aromatic ring is 1. The van der Waals surface area contributed by atoms with Gasteiger partial charge in [-0.2, -0.15) is 0 Å². The summed E-state index contributed by atoms with van der Waals surface area (Å²) in [6.07, 6.45) is 1.01. The molecule has 2 aromatic rings. The summed E-state index contributed by atoms with van der Waals surface area (Å²) in [6, 6.07) is 12.9. The van der Waals surface area contributed by atoms with Crippen LogP contribution < -0.4 is 11.1 Å². The molecule has 0 aliphatic rings. The molecule has 0 saturated carbocycles. The molecule has 0 aromatic heterocycles. The Hall–Kier alpha value is -2.79. The first-order valence-corrected chi connectivity index (χ1v) is 6.71. The van der Waals surface area contributed by atoms with E-state index in [1.807, 2.05) is 0 Å². The molecule has 112 valence electrons. The molecular formula is C16H13ClN2O3. The van der Waals surface area contributed by atoms with Crippen LogP contribution in [-0.4, -0.2) is 16.9 Å². The molecular weight excluding hydrogens is 304 g/mol. The third-order valence-corrected chi connectivity index (χ3v) is 3.12. The number of nitrogens with two attached hydrogens (primary N) is 1. The van der Waals surface area contributed by atoms with Crippen molar-refractivity contribution in [3.8, 4) is 0 Å².